The van der Waals surface area contributed by atoms with E-state index in [1.807, 2.05) is 30.3 Å². The van der Waals surface area contributed by atoms with Gasteiger partial charge in [0.25, 0.3) is 0 Å². The second kappa shape index (κ2) is 6.95. The zero-order chi connectivity index (χ0) is 17.0. The van der Waals surface area contributed by atoms with Gasteiger partial charge < -0.3 is 10.6 Å². The van der Waals surface area contributed by atoms with E-state index in [0.29, 0.717) is 23.3 Å². The van der Waals surface area contributed by atoms with E-state index in [4.69, 9.17) is 5.14 Å². The number of rotatable bonds is 6. The monoisotopic (exact) mass is 361 g/mol. The lowest BCUT2D eigenvalue weighted by Crippen LogP contribution is -2.12. The molecule has 3 aromatic rings. The molecule has 9 heteroatoms. The summed E-state index contributed by atoms with van der Waals surface area (Å²) < 4.78 is 26.9. The fraction of sp³-hybridized carbons (Fsp3) is 0.0667. The number of nitrogens with one attached hydrogen (secondary N) is 2. The summed E-state index contributed by atoms with van der Waals surface area (Å²) in [5.41, 5.74) is 1.69. The van der Waals surface area contributed by atoms with Gasteiger partial charge in [0.05, 0.1) is 4.90 Å². The van der Waals surface area contributed by atoms with Crippen molar-refractivity contribution in [2.45, 2.75) is 11.4 Å². The van der Waals surface area contributed by atoms with Crippen molar-refractivity contribution in [2.24, 2.45) is 5.14 Å². The Morgan fingerprint density at radius 1 is 1.08 bits per heavy atom. The summed E-state index contributed by atoms with van der Waals surface area (Å²) in [6.45, 7) is 0.649. The van der Waals surface area contributed by atoms with Crippen LogP contribution in [-0.4, -0.2) is 17.8 Å². The molecule has 0 aliphatic carbocycles. The second-order valence-electron chi connectivity index (χ2n) is 4.96. The Morgan fingerprint density at radius 3 is 2.62 bits per heavy atom. The lowest BCUT2D eigenvalue weighted by atomic mass is 10.2. The van der Waals surface area contributed by atoms with E-state index >= 15 is 0 Å². The standard InChI is InChI=1S/C15H15N5O2S2/c16-24(21,22)13-8-4-7-12(9-13)18-14-19-15(23-20-14)17-10-11-5-2-1-3-6-11/h1-9H,10H2,(H2,16,21,22)(H2,17,18,19,20). The summed E-state index contributed by atoms with van der Waals surface area (Å²) in [5.74, 6) is 0.391. The number of benzene rings is 2. The summed E-state index contributed by atoms with van der Waals surface area (Å²) in [4.78, 5) is 4.35. The van der Waals surface area contributed by atoms with E-state index in [9.17, 15) is 8.42 Å². The molecule has 0 aliphatic heterocycles. The van der Waals surface area contributed by atoms with Crippen molar-refractivity contribution >= 4 is 38.3 Å². The summed E-state index contributed by atoms with van der Waals surface area (Å²) in [5, 5.41) is 11.9. The molecular weight excluding hydrogens is 346 g/mol. The topological polar surface area (TPSA) is 110 Å². The summed E-state index contributed by atoms with van der Waals surface area (Å²) in [6.07, 6.45) is 0. The second-order valence-corrected chi connectivity index (χ2v) is 7.27. The van der Waals surface area contributed by atoms with Gasteiger partial charge in [0.1, 0.15) is 0 Å². The lowest BCUT2D eigenvalue weighted by Gasteiger charge is -2.04. The molecule has 0 radical (unpaired) electrons. The Balaban J connectivity index is 1.66. The van der Waals surface area contributed by atoms with E-state index in [1.165, 1.54) is 23.7 Å². The minimum atomic E-state index is -3.74. The molecule has 0 unspecified atom stereocenters. The minimum Gasteiger partial charge on any atom is -0.356 e. The van der Waals surface area contributed by atoms with Crippen LogP contribution in [0.5, 0.6) is 0 Å². The smallest absolute Gasteiger partial charge is 0.240 e. The van der Waals surface area contributed by atoms with Crippen molar-refractivity contribution in [3.8, 4) is 0 Å². The van der Waals surface area contributed by atoms with Crippen LogP contribution in [0.1, 0.15) is 5.56 Å². The highest BCUT2D eigenvalue weighted by atomic mass is 32.2. The maximum atomic E-state index is 11.4. The fourth-order valence-corrected chi connectivity index (χ4v) is 3.08. The van der Waals surface area contributed by atoms with Crippen LogP contribution in [0, 0.1) is 0 Å². The molecule has 3 rings (SSSR count). The Hall–Kier alpha value is -2.49. The number of primary sulfonamides is 1. The van der Waals surface area contributed by atoms with Crippen molar-refractivity contribution in [2.75, 3.05) is 10.6 Å². The number of aromatic nitrogens is 2. The van der Waals surface area contributed by atoms with E-state index in [-0.39, 0.29) is 4.90 Å². The van der Waals surface area contributed by atoms with E-state index < -0.39 is 10.0 Å². The predicted molar refractivity (Wildman–Crippen MR) is 94.8 cm³/mol. The van der Waals surface area contributed by atoms with Gasteiger partial charge >= 0.3 is 0 Å². The molecule has 24 heavy (non-hydrogen) atoms. The molecule has 0 atom stereocenters. The number of anilines is 3. The highest BCUT2D eigenvalue weighted by Gasteiger charge is 2.09. The molecule has 1 heterocycles. The van der Waals surface area contributed by atoms with Gasteiger partial charge in [0, 0.05) is 23.8 Å². The van der Waals surface area contributed by atoms with Gasteiger partial charge in [0.2, 0.25) is 21.1 Å². The largest absolute Gasteiger partial charge is 0.356 e. The zero-order valence-corrected chi connectivity index (χ0v) is 14.1. The molecule has 4 N–H and O–H groups in total. The SMILES string of the molecule is NS(=O)(=O)c1cccc(Nc2nsc(NCc3ccccc3)n2)c1. The first-order valence-electron chi connectivity index (χ1n) is 7.02. The fourth-order valence-electron chi connectivity index (χ4n) is 2.00. The molecule has 0 saturated heterocycles. The van der Waals surface area contributed by atoms with E-state index in [1.54, 1.807) is 12.1 Å². The van der Waals surface area contributed by atoms with Gasteiger partial charge in [-0.3, -0.25) is 0 Å². The first-order valence-corrected chi connectivity index (χ1v) is 9.34. The Labute approximate surface area is 143 Å². The van der Waals surface area contributed by atoms with Crippen molar-refractivity contribution in [1.29, 1.82) is 0 Å². The van der Waals surface area contributed by atoms with Crippen LogP contribution in [0.4, 0.5) is 16.8 Å². The van der Waals surface area contributed by atoms with Crippen LogP contribution in [0.15, 0.2) is 59.5 Å². The third-order valence-electron chi connectivity index (χ3n) is 3.13. The number of hydrogen-bond acceptors (Lipinski definition) is 7. The first-order chi connectivity index (χ1) is 11.5. The molecule has 0 aliphatic rings. The van der Waals surface area contributed by atoms with Crippen molar-refractivity contribution in [3.05, 3.63) is 60.2 Å². The lowest BCUT2D eigenvalue weighted by molar-refractivity contribution is 0.598. The van der Waals surface area contributed by atoms with Gasteiger partial charge in [-0.25, -0.2) is 13.6 Å². The van der Waals surface area contributed by atoms with Crippen molar-refractivity contribution in [3.63, 3.8) is 0 Å². The minimum absolute atomic E-state index is 0.0326. The molecule has 0 saturated carbocycles. The van der Waals surface area contributed by atoms with Gasteiger partial charge in [-0.15, -0.1) is 0 Å². The Bertz CT molecular complexity index is 926. The van der Waals surface area contributed by atoms with Gasteiger partial charge in [-0.05, 0) is 23.8 Å². The number of nitrogens with zero attached hydrogens (tertiary/aromatic N) is 2. The highest BCUT2D eigenvalue weighted by Crippen LogP contribution is 2.21. The van der Waals surface area contributed by atoms with E-state index in [2.05, 4.69) is 20.0 Å². The normalized spacial score (nSPS) is 11.2. The molecule has 0 spiro atoms. The Kier molecular flexibility index (Phi) is 4.74. The molecule has 0 fully saturated rings. The van der Waals surface area contributed by atoms with Gasteiger partial charge in [-0.2, -0.15) is 9.36 Å². The average Bonchev–Trinajstić information content (AvgIpc) is 3.01. The summed E-state index contributed by atoms with van der Waals surface area (Å²) in [7, 11) is -3.74. The highest BCUT2D eigenvalue weighted by molar-refractivity contribution is 7.89. The zero-order valence-electron chi connectivity index (χ0n) is 12.5. The molecule has 124 valence electrons. The van der Waals surface area contributed by atoms with Crippen LogP contribution in [0.3, 0.4) is 0 Å². The van der Waals surface area contributed by atoms with Gasteiger partial charge in [0.15, 0.2) is 0 Å². The van der Waals surface area contributed by atoms with Crippen LogP contribution in [-0.2, 0) is 16.6 Å². The number of hydrogen-bond donors (Lipinski definition) is 3. The predicted octanol–water partition coefficient (Wildman–Crippen LogP) is 2.54. The quantitative estimate of drug-likeness (QED) is 0.622. The third kappa shape index (κ3) is 4.28. The average molecular weight is 361 g/mol. The van der Waals surface area contributed by atoms with Crippen molar-refractivity contribution < 1.29 is 8.42 Å². The van der Waals surface area contributed by atoms with E-state index in [0.717, 1.165) is 5.56 Å². The first kappa shape index (κ1) is 16.4. The Morgan fingerprint density at radius 2 is 1.88 bits per heavy atom. The maximum Gasteiger partial charge on any atom is 0.240 e. The molecular formula is C15H15N5O2S2. The van der Waals surface area contributed by atoms with Crippen LogP contribution in [0.2, 0.25) is 0 Å². The van der Waals surface area contributed by atoms with Crippen LogP contribution < -0.4 is 15.8 Å². The number of nitrogens with two attached hydrogens (primary N) is 1. The molecule has 7 nitrogen and oxygen atoms in total. The molecule has 1 aromatic heterocycles. The summed E-state index contributed by atoms with van der Waals surface area (Å²) >= 11 is 1.22. The molecule has 0 amide bonds. The summed E-state index contributed by atoms with van der Waals surface area (Å²) in [6, 6.07) is 16.1. The van der Waals surface area contributed by atoms with Crippen LogP contribution in [0.25, 0.3) is 0 Å². The van der Waals surface area contributed by atoms with Gasteiger partial charge in [-0.1, -0.05) is 36.4 Å². The van der Waals surface area contributed by atoms with Crippen LogP contribution >= 0.6 is 11.5 Å². The maximum absolute atomic E-state index is 11.4. The molecule has 0 bridgehead atoms. The van der Waals surface area contributed by atoms with Crippen molar-refractivity contribution in [1.82, 2.24) is 9.36 Å². The number of sulfonamides is 1. The molecule has 2 aromatic carbocycles. The third-order valence-corrected chi connectivity index (χ3v) is 4.72.